The third-order valence-electron chi connectivity index (χ3n) is 3.82. The summed E-state index contributed by atoms with van der Waals surface area (Å²) in [7, 11) is 0. The van der Waals surface area contributed by atoms with Crippen LogP contribution in [0.1, 0.15) is 26.3 Å². The molecule has 6 heteroatoms. The van der Waals surface area contributed by atoms with Crippen LogP contribution in [-0.4, -0.2) is 43.0 Å². The van der Waals surface area contributed by atoms with Crippen LogP contribution in [0.3, 0.4) is 0 Å². The lowest BCUT2D eigenvalue weighted by Gasteiger charge is -2.25. The van der Waals surface area contributed by atoms with Crippen molar-refractivity contribution in [3.8, 4) is 0 Å². The van der Waals surface area contributed by atoms with E-state index in [9.17, 15) is 4.79 Å². The van der Waals surface area contributed by atoms with E-state index in [1.165, 1.54) is 6.92 Å². The standard InChI is InChI=1S/C17H22O6/c1-11(18)19-10-13-14(20-9-12-7-5-4-6-8-12)15-16(21-13)23-17(2,3)22-15/h4-8,13-16H,9-10H2,1-3H3/t13-,14+,15-,16-/m0/s1. The first-order valence-corrected chi connectivity index (χ1v) is 7.74. The normalized spacial score (nSPS) is 31.8. The molecule has 0 unspecified atom stereocenters. The van der Waals surface area contributed by atoms with Gasteiger partial charge in [0.25, 0.3) is 0 Å². The monoisotopic (exact) mass is 322 g/mol. The molecule has 1 aromatic rings. The molecule has 6 nitrogen and oxygen atoms in total. The summed E-state index contributed by atoms with van der Waals surface area (Å²) < 4.78 is 28.5. The molecule has 0 aromatic heterocycles. The van der Waals surface area contributed by atoms with Crippen molar-refractivity contribution in [3.05, 3.63) is 35.9 Å². The van der Waals surface area contributed by atoms with Gasteiger partial charge in [-0.3, -0.25) is 4.79 Å². The van der Waals surface area contributed by atoms with Crippen molar-refractivity contribution < 1.29 is 28.5 Å². The number of rotatable bonds is 5. The van der Waals surface area contributed by atoms with Crippen molar-refractivity contribution in [2.24, 2.45) is 0 Å². The molecular weight excluding hydrogens is 300 g/mol. The van der Waals surface area contributed by atoms with Crippen LogP contribution in [0.15, 0.2) is 30.3 Å². The first kappa shape index (κ1) is 16.4. The Balaban J connectivity index is 1.67. The Labute approximate surface area is 135 Å². The van der Waals surface area contributed by atoms with Crippen molar-refractivity contribution in [2.45, 2.75) is 57.8 Å². The van der Waals surface area contributed by atoms with Crippen LogP contribution in [0.5, 0.6) is 0 Å². The molecule has 0 N–H and O–H groups in total. The largest absolute Gasteiger partial charge is 0.463 e. The van der Waals surface area contributed by atoms with Crippen LogP contribution in [0.2, 0.25) is 0 Å². The fraction of sp³-hybridized carbons (Fsp3) is 0.588. The third kappa shape index (κ3) is 3.90. The van der Waals surface area contributed by atoms with E-state index < -0.39 is 18.2 Å². The summed E-state index contributed by atoms with van der Waals surface area (Å²) in [6, 6.07) is 9.86. The summed E-state index contributed by atoms with van der Waals surface area (Å²) in [4.78, 5) is 11.1. The van der Waals surface area contributed by atoms with Crippen LogP contribution in [0.4, 0.5) is 0 Å². The Hall–Kier alpha value is -1.47. The number of benzene rings is 1. The van der Waals surface area contributed by atoms with Crippen LogP contribution in [0, 0.1) is 0 Å². The average Bonchev–Trinajstić information content (AvgIpc) is 2.95. The van der Waals surface area contributed by atoms with Crippen molar-refractivity contribution in [1.82, 2.24) is 0 Å². The van der Waals surface area contributed by atoms with Gasteiger partial charge in [0.1, 0.15) is 24.9 Å². The quantitative estimate of drug-likeness (QED) is 0.773. The molecule has 126 valence electrons. The van der Waals surface area contributed by atoms with Crippen molar-refractivity contribution in [1.29, 1.82) is 0 Å². The number of esters is 1. The van der Waals surface area contributed by atoms with Gasteiger partial charge in [0.15, 0.2) is 12.1 Å². The number of carbonyl (C=O) groups excluding carboxylic acids is 1. The summed E-state index contributed by atoms with van der Waals surface area (Å²) in [5.41, 5.74) is 1.06. The number of hydrogen-bond donors (Lipinski definition) is 0. The lowest BCUT2D eigenvalue weighted by Crippen LogP contribution is -2.39. The van der Waals surface area contributed by atoms with E-state index in [-0.39, 0.29) is 24.8 Å². The fourth-order valence-corrected chi connectivity index (χ4v) is 2.85. The Morgan fingerprint density at radius 3 is 2.65 bits per heavy atom. The molecule has 2 fully saturated rings. The smallest absolute Gasteiger partial charge is 0.302 e. The van der Waals surface area contributed by atoms with E-state index in [0.29, 0.717) is 6.61 Å². The molecule has 0 spiro atoms. The Kier molecular flexibility index (Phi) is 4.68. The van der Waals surface area contributed by atoms with Gasteiger partial charge in [-0.1, -0.05) is 30.3 Å². The van der Waals surface area contributed by atoms with Gasteiger partial charge < -0.3 is 23.7 Å². The first-order valence-electron chi connectivity index (χ1n) is 7.74. The highest BCUT2D eigenvalue weighted by atomic mass is 16.8. The predicted octanol–water partition coefficient (Wildman–Crippen LogP) is 2.01. The van der Waals surface area contributed by atoms with Crippen LogP contribution >= 0.6 is 0 Å². The zero-order chi connectivity index (χ0) is 16.4. The first-order chi connectivity index (χ1) is 10.9. The Morgan fingerprint density at radius 2 is 1.96 bits per heavy atom. The molecule has 0 radical (unpaired) electrons. The SMILES string of the molecule is CC(=O)OC[C@@H]1O[C@H]2OC(C)(C)O[C@H]2[C@@H]1OCc1ccccc1. The van der Waals surface area contributed by atoms with Gasteiger partial charge in [-0.2, -0.15) is 0 Å². The Morgan fingerprint density at radius 1 is 1.22 bits per heavy atom. The molecular formula is C17H22O6. The van der Waals surface area contributed by atoms with Gasteiger partial charge in [0.05, 0.1) is 6.61 Å². The summed E-state index contributed by atoms with van der Waals surface area (Å²) in [5, 5.41) is 0. The van der Waals surface area contributed by atoms with Crippen LogP contribution in [-0.2, 0) is 35.1 Å². The summed E-state index contributed by atoms with van der Waals surface area (Å²) in [5.74, 6) is -1.06. The van der Waals surface area contributed by atoms with E-state index in [4.69, 9.17) is 23.7 Å². The molecule has 3 rings (SSSR count). The molecule has 2 aliphatic heterocycles. The van der Waals surface area contributed by atoms with Gasteiger partial charge in [0, 0.05) is 6.92 Å². The number of fused-ring (bicyclic) bond motifs is 1. The molecule has 0 bridgehead atoms. The zero-order valence-corrected chi connectivity index (χ0v) is 13.6. The Bertz CT molecular complexity index is 543. The summed E-state index contributed by atoms with van der Waals surface area (Å²) in [6.45, 7) is 5.59. The second-order valence-electron chi connectivity index (χ2n) is 6.21. The molecule has 2 aliphatic rings. The molecule has 0 saturated carbocycles. The lowest BCUT2D eigenvalue weighted by molar-refractivity contribution is -0.224. The summed E-state index contributed by atoms with van der Waals surface area (Å²) in [6.07, 6.45) is -1.62. The van der Waals surface area contributed by atoms with Crippen molar-refractivity contribution >= 4 is 5.97 Å². The minimum absolute atomic E-state index is 0.120. The maximum absolute atomic E-state index is 11.1. The molecule has 4 atom stereocenters. The molecule has 23 heavy (non-hydrogen) atoms. The third-order valence-corrected chi connectivity index (χ3v) is 3.82. The van der Waals surface area contributed by atoms with Gasteiger partial charge in [-0.05, 0) is 19.4 Å². The minimum atomic E-state index is -0.712. The molecule has 0 amide bonds. The zero-order valence-electron chi connectivity index (χ0n) is 13.6. The van der Waals surface area contributed by atoms with E-state index in [0.717, 1.165) is 5.56 Å². The maximum Gasteiger partial charge on any atom is 0.302 e. The van der Waals surface area contributed by atoms with Crippen molar-refractivity contribution in [3.63, 3.8) is 0 Å². The highest BCUT2D eigenvalue weighted by Crippen LogP contribution is 2.39. The van der Waals surface area contributed by atoms with Crippen molar-refractivity contribution in [2.75, 3.05) is 6.61 Å². The molecule has 0 aliphatic carbocycles. The average molecular weight is 322 g/mol. The van der Waals surface area contributed by atoms with Gasteiger partial charge in [0.2, 0.25) is 0 Å². The lowest BCUT2D eigenvalue weighted by atomic mass is 10.1. The van der Waals surface area contributed by atoms with Crippen LogP contribution < -0.4 is 0 Å². The molecule has 1 aromatic carbocycles. The fourth-order valence-electron chi connectivity index (χ4n) is 2.85. The second kappa shape index (κ2) is 6.57. The minimum Gasteiger partial charge on any atom is -0.463 e. The summed E-state index contributed by atoms with van der Waals surface area (Å²) >= 11 is 0. The topological polar surface area (TPSA) is 63.2 Å². The molecule has 2 saturated heterocycles. The highest BCUT2D eigenvalue weighted by molar-refractivity contribution is 5.65. The van der Waals surface area contributed by atoms with Crippen LogP contribution in [0.25, 0.3) is 0 Å². The maximum atomic E-state index is 11.1. The van der Waals surface area contributed by atoms with E-state index >= 15 is 0 Å². The van der Waals surface area contributed by atoms with E-state index in [2.05, 4.69) is 0 Å². The highest BCUT2D eigenvalue weighted by Gasteiger charge is 2.55. The molecule has 2 heterocycles. The second-order valence-corrected chi connectivity index (χ2v) is 6.21. The van der Waals surface area contributed by atoms with Gasteiger partial charge >= 0.3 is 5.97 Å². The van der Waals surface area contributed by atoms with E-state index in [1.807, 2.05) is 44.2 Å². The predicted molar refractivity (Wildman–Crippen MR) is 80.4 cm³/mol. The number of ether oxygens (including phenoxy) is 5. The van der Waals surface area contributed by atoms with Gasteiger partial charge in [-0.25, -0.2) is 0 Å². The number of carbonyl (C=O) groups is 1. The van der Waals surface area contributed by atoms with E-state index in [1.54, 1.807) is 0 Å². The number of hydrogen-bond acceptors (Lipinski definition) is 6. The van der Waals surface area contributed by atoms with Gasteiger partial charge in [-0.15, -0.1) is 0 Å².